The van der Waals surface area contributed by atoms with E-state index in [0.29, 0.717) is 18.8 Å². The fourth-order valence-electron chi connectivity index (χ4n) is 3.41. The maximum Gasteiger partial charge on any atom is 0.290 e. The topological polar surface area (TPSA) is 56.2 Å². The molecule has 6 heteroatoms. The standard InChI is InChI=1S/C18H20N4O2/c1-2-15-16-5-3-9-20(16)11-12-22(15)18(23)17-7-6-14(24-17)13-21-10-4-8-19-21/h3-10,15H,2,11-13H2,1H3. The Labute approximate surface area is 140 Å². The van der Waals surface area contributed by atoms with Crippen molar-refractivity contribution >= 4 is 5.91 Å². The summed E-state index contributed by atoms with van der Waals surface area (Å²) < 4.78 is 9.77. The third-order valence-electron chi connectivity index (χ3n) is 4.56. The van der Waals surface area contributed by atoms with Crippen LogP contribution >= 0.6 is 0 Å². The molecular formula is C18H20N4O2. The molecular weight excluding hydrogens is 304 g/mol. The molecule has 0 N–H and O–H groups in total. The van der Waals surface area contributed by atoms with Gasteiger partial charge in [-0.2, -0.15) is 5.10 Å². The summed E-state index contributed by atoms with van der Waals surface area (Å²) in [7, 11) is 0. The molecule has 0 fully saturated rings. The number of furan rings is 1. The van der Waals surface area contributed by atoms with Crippen molar-refractivity contribution in [2.75, 3.05) is 6.54 Å². The molecule has 0 saturated heterocycles. The fraction of sp³-hybridized carbons (Fsp3) is 0.333. The average molecular weight is 324 g/mol. The Balaban J connectivity index is 1.54. The Hall–Kier alpha value is -2.76. The summed E-state index contributed by atoms with van der Waals surface area (Å²) >= 11 is 0. The van der Waals surface area contributed by atoms with Gasteiger partial charge in [-0.05, 0) is 36.8 Å². The molecule has 1 unspecified atom stereocenters. The molecule has 4 heterocycles. The van der Waals surface area contributed by atoms with Crippen LogP contribution in [-0.4, -0.2) is 31.7 Å². The largest absolute Gasteiger partial charge is 0.454 e. The number of amides is 1. The molecule has 0 saturated carbocycles. The SMILES string of the molecule is CCC1c2cccn2CCN1C(=O)c1ccc(Cn2cccn2)o1. The second-order valence-corrected chi connectivity index (χ2v) is 6.02. The summed E-state index contributed by atoms with van der Waals surface area (Å²) in [4.78, 5) is 14.8. The van der Waals surface area contributed by atoms with Crippen LogP contribution in [0, 0.1) is 0 Å². The molecule has 1 aliphatic heterocycles. The molecule has 0 spiro atoms. The van der Waals surface area contributed by atoms with Crippen molar-refractivity contribution in [1.29, 1.82) is 0 Å². The van der Waals surface area contributed by atoms with Gasteiger partial charge in [-0.15, -0.1) is 0 Å². The van der Waals surface area contributed by atoms with E-state index in [1.807, 2.05) is 29.3 Å². The highest BCUT2D eigenvalue weighted by molar-refractivity contribution is 5.92. The van der Waals surface area contributed by atoms with Crippen molar-refractivity contribution < 1.29 is 9.21 Å². The Bertz CT molecular complexity index is 831. The maximum absolute atomic E-state index is 12.9. The van der Waals surface area contributed by atoms with Gasteiger partial charge in [-0.3, -0.25) is 9.48 Å². The van der Waals surface area contributed by atoms with Crippen LogP contribution < -0.4 is 0 Å². The Kier molecular flexibility index (Phi) is 3.72. The van der Waals surface area contributed by atoms with E-state index in [1.54, 1.807) is 16.9 Å². The van der Waals surface area contributed by atoms with Gasteiger partial charge in [0.2, 0.25) is 0 Å². The lowest BCUT2D eigenvalue weighted by Gasteiger charge is -2.36. The Morgan fingerprint density at radius 1 is 1.25 bits per heavy atom. The van der Waals surface area contributed by atoms with Gasteiger partial charge < -0.3 is 13.9 Å². The number of aromatic nitrogens is 3. The summed E-state index contributed by atoms with van der Waals surface area (Å²) in [5, 5.41) is 4.16. The van der Waals surface area contributed by atoms with Gasteiger partial charge in [0.15, 0.2) is 5.76 Å². The molecule has 0 bridgehead atoms. The minimum absolute atomic E-state index is 0.0407. The van der Waals surface area contributed by atoms with Crippen LogP contribution in [0.1, 0.15) is 41.4 Å². The molecule has 0 radical (unpaired) electrons. The first-order valence-electron chi connectivity index (χ1n) is 8.28. The van der Waals surface area contributed by atoms with E-state index in [2.05, 4.69) is 28.9 Å². The van der Waals surface area contributed by atoms with E-state index in [9.17, 15) is 4.79 Å². The molecule has 0 aliphatic carbocycles. The van der Waals surface area contributed by atoms with Gasteiger partial charge in [-0.25, -0.2) is 0 Å². The predicted octanol–water partition coefficient (Wildman–Crippen LogP) is 2.93. The molecule has 124 valence electrons. The van der Waals surface area contributed by atoms with E-state index in [1.165, 1.54) is 5.69 Å². The summed E-state index contributed by atoms with van der Waals surface area (Å²) in [5.41, 5.74) is 1.19. The van der Waals surface area contributed by atoms with Crippen molar-refractivity contribution in [1.82, 2.24) is 19.2 Å². The van der Waals surface area contributed by atoms with Crippen LogP contribution in [0.2, 0.25) is 0 Å². The minimum atomic E-state index is -0.0407. The lowest BCUT2D eigenvalue weighted by atomic mass is 10.1. The number of hydrogen-bond acceptors (Lipinski definition) is 3. The minimum Gasteiger partial charge on any atom is -0.454 e. The van der Waals surface area contributed by atoms with Crippen LogP contribution in [-0.2, 0) is 13.1 Å². The molecule has 6 nitrogen and oxygen atoms in total. The van der Waals surface area contributed by atoms with Crippen molar-refractivity contribution in [2.45, 2.75) is 32.5 Å². The van der Waals surface area contributed by atoms with Crippen LogP contribution in [0.5, 0.6) is 0 Å². The van der Waals surface area contributed by atoms with Gasteiger partial charge in [0.05, 0.1) is 12.6 Å². The zero-order valence-corrected chi connectivity index (χ0v) is 13.6. The number of rotatable bonds is 4. The van der Waals surface area contributed by atoms with Gasteiger partial charge in [0, 0.05) is 37.4 Å². The monoisotopic (exact) mass is 324 g/mol. The molecule has 3 aromatic heterocycles. The second kappa shape index (κ2) is 6.03. The molecule has 0 aromatic carbocycles. The highest BCUT2D eigenvalue weighted by atomic mass is 16.4. The van der Waals surface area contributed by atoms with Crippen molar-refractivity contribution in [3.05, 3.63) is 66.1 Å². The first kappa shape index (κ1) is 14.8. The van der Waals surface area contributed by atoms with E-state index >= 15 is 0 Å². The molecule has 3 aromatic rings. The number of carbonyl (C=O) groups excluding carboxylic acids is 1. The van der Waals surface area contributed by atoms with Crippen molar-refractivity contribution in [3.8, 4) is 0 Å². The van der Waals surface area contributed by atoms with Crippen molar-refractivity contribution in [2.24, 2.45) is 0 Å². The number of fused-ring (bicyclic) bond motifs is 1. The first-order valence-corrected chi connectivity index (χ1v) is 8.28. The number of nitrogens with zero attached hydrogens (tertiary/aromatic N) is 4. The lowest BCUT2D eigenvalue weighted by Crippen LogP contribution is -2.41. The van der Waals surface area contributed by atoms with Gasteiger partial charge in [0.25, 0.3) is 5.91 Å². The average Bonchev–Trinajstić information content (AvgIpc) is 3.34. The molecule has 24 heavy (non-hydrogen) atoms. The second-order valence-electron chi connectivity index (χ2n) is 6.02. The van der Waals surface area contributed by atoms with E-state index in [4.69, 9.17) is 4.42 Å². The van der Waals surface area contributed by atoms with Gasteiger partial charge in [-0.1, -0.05) is 6.92 Å². The van der Waals surface area contributed by atoms with E-state index in [0.717, 1.165) is 18.7 Å². The predicted molar refractivity (Wildman–Crippen MR) is 88.5 cm³/mol. The zero-order chi connectivity index (χ0) is 16.5. The van der Waals surface area contributed by atoms with Crippen LogP contribution in [0.3, 0.4) is 0 Å². The van der Waals surface area contributed by atoms with Gasteiger partial charge >= 0.3 is 0 Å². The third kappa shape index (κ3) is 2.54. The Morgan fingerprint density at radius 2 is 2.17 bits per heavy atom. The van der Waals surface area contributed by atoms with Crippen LogP contribution in [0.15, 0.2) is 53.3 Å². The smallest absolute Gasteiger partial charge is 0.290 e. The van der Waals surface area contributed by atoms with E-state index < -0.39 is 0 Å². The highest BCUT2D eigenvalue weighted by Crippen LogP contribution is 2.30. The fourth-order valence-corrected chi connectivity index (χ4v) is 3.41. The highest BCUT2D eigenvalue weighted by Gasteiger charge is 2.31. The van der Waals surface area contributed by atoms with E-state index in [-0.39, 0.29) is 11.9 Å². The Morgan fingerprint density at radius 3 is 2.96 bits per heavy atom. The lowest BCUT2D eigenvalue weighted by molar-refractivity contribution is 0.0583. The van der Waals surface area contributed by atoms with Crippen LogP contribution in [0.25, 0.3) is 0 Å². The maximum atomic E-state index is 12.9. The quantitative estimate of drug-likeness (QED) is 0.741. The normalized spacial score (nSPS) is 17.0. The number of carbonyl (C=O) groups is 1. The molecule has 4 rings (SSSR count). The summed E-state index contributed by atoms with van der Waals surface area (Å²) in [5.74, 6) is 1.09. The van der Waals surface area contributed by atoms with Gasteiger partial charge in [0.1, 0.15) is 5.76 Å². The summed E-state index contributed by atoms with van der Waals surface area (Å²) in [6, 6.07) is 9.72. The third-order valence-corrected chi connectivity index (χ3v) is 4.56. The van der Waals surface area contributed by atoms with Crippen LogP contribution in [0.4, 0.5) is 0 Å². The first-order chi connectivity index (χ1) is 11.8. The zero-order valence-electron chi connectivity index (χ0n) is 13.6. The molecule has 1 aliphatic rings. The summed E-state index contributed by atoms with van der Waals surface area (Å²) in [6.07, 6.45) is 6.56. The van der Waals surface area contributed by atoms with Crippen molar-refractivity contribution in [3.63, 3.8) is 0 Å². The molecule has 1 atom stereocenters. The molecule has 1 amide bonds. The summed E-state index contributed by atoms with van der Waals surface area (Å²) in [6.45, 7) is 4.17. The number of hydrogen-bond donors (Lipinski definition) is 0.